The molecular weight excluding hydrogens is 364 g/mol. The Hall–Kier alpha value is -2.43. The van der Waals surface area contributed by atoms with E-state index in [0.717, 1.165) is 36.1 Å². The van der Waals surface area contributed by atoms with E-state index in [2.05, 4.69) is 31.3 Å². The lowest BCUT2D eigenvalue weighted by Gasteiger charge is -2.37. The molecule has 1 heterocycles. The van der Waals surface area contributed by atoms with E-state index in [4.69, 9.17) is 0 Å². The van der Waals surface area contributed by atoms with Crippen molar-refractivity contribution in [3.63, 3.8) is 0 Å². The molecule has 3 fully saturated rings. The van der Waals surface area contributed by atoms with Crippen LogP contribution in [0.25, 0.3) is 0 Å². The third-order valence-electron chi connectivity index (χ3n) is 7.58. The molecule has 2 bridgehead atoms. The molecule has 2 saturated carbocycles. The second kappa shape index (κ2) is 6.82. The number of benzene rings is 1. The van der Waals surface area contributed by atoms with Crippen molar-refractivity contribution in [3.8, 4) is 0 Å². The van der Waals surface area contributed by atoms with Crippen molar-refractivity contribution in [2.75, 3.05) is 11.9 Å². The fraction of sp³-hybridized carbons (Fsp3) is 0.542. The fourth-order valence-corrected chi connectivity index (χ4v) is 6.06. The van der Waals surface area contributed by atoms with Crippen LogP contribution >= 0.6 is 0 Å². The van der Waals surface area contributed by atoms with E-state index in [0.29, 0.717) is 11.8 Å². The molecule has 1 aromatic carbocycles. The molecule has 1 aliphatic heterocycles. The van der Waals surface area contributed by atoms with Gasteiger partial charge in [-0.2, -0.15) is 0 Å². The van der Waals surface area contributed by atoms with Gasteiger partial charge in [-0.25, -0.2) is 0 Å². The zero-order valence-corrected chi connectivity index (χ0v) is 17.1. The van der Waals surface area contributed by atoms with Crippen molar-refractivity contribution < 1.29 is 14.4 Å². The standard InChI is InChI=1S/C24H28N2O3/c1-3-13-6-5-7-14(4-2)22(13)25-19(27)10-11-26-23(28)20-15-8-9-16(18-12-17(15)18)21(20)24(26)29/h5-9,15-18,20-21H,3-4,10-12H2,1-2H3,(H,25,27)/t15-,16-,17-,18+,20+,21-/m1/s1. The SMILES string of the molecule is CCc1cccc(CC)c1NC(=O)CCN1C(=O)[C@@H]2[C@@H]3C=C[C@H]([C@H]4C[C@@H]34)[C@@H]2C1=O. The highest BCUT2D eigenvalue weighted by molar-refractivity contribution is 6.06. The van der Waals surface area contributed by atoms with Gasteiger partial charge in [-0.05, 0) is 54.1 Å². The number of hydrogen-bond acceptors (Lipinski definition) is 3. The van der Waals surface area contributed by atoms with Gasteiger partial charge in [0.25, 0.3) is 0 Å². The summed E-state index contributed by atoms with van der Waals surface area (Å²) in [6.07, 6.45) is 7.34. The number of aryl methyl sites for hydroxylation is 2. The van der Waals surface area contributed by atoms with Gasteiger partial charge in [0.2, 0.25) is 17.7 Å². The van der Waals surface area contributed by atoms with Crippen LogP contribution in [0, 0.1) is 35.5 Å². The molecule has 5 heteroatoms. The number of allylic oxidation sites excluding steroid dienone is 2. The first-order valence-electron chi connectivity index (χ1n) is 11.0. The molecule has 5 aliphatic rings. The first-order valence-corrected chi connectivity index (χ1v) is 11.0. The topological polar surface area (TPSA) is 66.5 Å². The smallest absolute Gasteiger partial charge is 0.233 e. The lowest BCUT2D eigenvalue weighted by Crippen LogP contribution is -2.40. The molecule has 1 aromatic rings. The number of rotatable bonds is 6. The number of likely N-dealkylation sites (tertiary alicyclic amines) is 1. The average molecular weight is 392 g/mol. The molecule has 0 radical (unpaired) electrons. The normalized spacial score (nSPS) is 33.7. The van der Waals surface area contributed by atoms with E-state index in [1.54, 1.807) is 0 Å². The molecule has 4 aliphatic carbocycles. The van der Waals surface area contributed by atoms with Crippen LogP contribution in [0.2, 0.25) is 0 Å². The Bertz CT molecular complexity index is 862. The maximum atomic E-state index is 13.0. The minimum atomic E-state index is -0.183. The number of hydrogen-bond donors (Lipinski definition) is 1. The molecule has 0 spiro atoms. The summed E-state index contributed by atoms with van der Waals surface area (Å²) >= 11 is 0. The van der Waals surface area contributed by atoms with Crippen LogP contribution in [0.4, 0.5) is 5.69 Å². The molecule has 0 aromatic heterocycles. The summed E-state index contributed by atoms with van der Waals surface area (Å²) in [5, 5.41) is 3.04. The highest BCUT2D eigenvalue weighted by Gasteiger charge is 2.66. The number of para-hydroxylation sites is 1. The van der Waals surface area contributed by atoms with Crippen LogP contribution in [0.3, 0.4) is 0 Å². The molecule has 5 nitrogen and oxygen atoms in total. The minimum absolute atomic E-state index is 0.0549. The largest absolute Gasteiger partial charge is 0.326 e. The van der Waals surface area contributed by atoms with Gasteiger partial charge in [-0.15, -0.1) is 0 Å². The number of carbonyl (C=O) groups excluding carboxylic acids is 3. The van der Waals surface area contributed by atoms with Crippen LogP contribution in [0.1, 0.15) is 37.8 Å². The highest BCUT2D eigenvalue weighted by Crippen LogP contribution is 2.65. The molecule has 0 unspecified atom stereocenters. The van der Waals surface area contributed by atoms with Crippen LogP contribution in [0.5, 0.6) is 0 Å². The van der Waals surface area contributed by atoms with Gasteiger partial charge in [0.15, 0.2) is 0 Å². The fourth-order valence-electron chi connectivity index (χ4n) is 6.06. The maximum absolute atomic E-state index is 13.0. The van der Waals surface area contributed by atoms with Crippen molar-refractivity contribution in [1.82, 2.24) is 4.90 Å². The van der Waals surface area contributed by atoms with E-state index in [1.807, 2.05) is 18.2 Å². The minimum Gasteiger partial charge on any atom is -0.326 e. The number of anilines is 1. The lowest BCUT2D eigenvalue weighted by molar-refractivity contribution is -0.140. The van der Waals surface area contributed by atoms with Gasteiger partial charge in [-0.3, -0.25) is 19.3 Å². The zero-order valence-electron chi connectivity index (χ0n) is 17.1. The predicted octanol–water partition coefficient (Wildman–Crippen LogP) is 3.19. The molecule has 3 amide bonds. The van der Waals surface area contributed by atoms with Crippen molar-refractivity contribution in [3.05, 3.63) is 41.5 Å². The van der Waals surface area contributed by atoms with Crippen molar-refractivity contribution in [2.45, 2.75) is 39.5 Å². The monoisotopic (exact) mass is 392 g/mol. The van der Waals surface area contributed by atoms with Crippen LogP contribution < -0.4 is 5.32 Å². The Morgan fingerprint density at radius 1 is 1.00 bits per heavy atom. The first kappa shape index (κ1) is 18.6. The first-order chi connectivity index (χ1) is 14.0. The third kappa shape index (κ3) is 2.77. The van der Waals surface area contributed by atoms with Gasteiger partial charge in [0.1, 0.15) is 0 Å². The summed E-state index contributed by atoms with van der Waals surface area (Å²) in [5.41, 5.74) is 3.11. The summed E-state index contributed by atoms with van der Waals surface area (Å²) in [7, 11) is 0. The van der Waals surface area contributed by atoms with Gasteiger partial charge in [0.05, 0.1) is 11.8 Å². The Morgan fingerprint density at radius 2 is 1.55 bits per heavy atom. The van der Waals surface area contributed by atoms with Crippen molar-refractivity contribution in [2.24, 2.45) is 35.5 Å². The Labute approximate surface area is 171 Å². The van der Waals surface area contributed by atoms with Gasteiger partial charge < -0.3 is 5.32 Å². The zero-order chi connectivity index (χ0) is 20.3. The summed E-state index contributed by atoms with van der Waals surface area (Å²) in [6.45, 7) is 4.32. The molecule has 1 saturated heterocycles. The van der Waals surface area contributed by atoms with E-state index in [-0.39, 0.29) is 54.4 Å². The molecule has 1 N–H and O–H groups in total. The van der Waals surface area contributed by atoms with Crippen LogP contribution in [0.15, 0.2) is 30.4 Å². The second-order valence-electron chi connectivity index (χ2n) is 8.94. The van der Waals surface area contributed by atoms with Crippen molar-refractivity contribution in [1.29, 1.82) is 0 Å². The van der Waals surface area contributed by atoms with E-state index < -0.39 is 0 Å². The predicted molar refractivity (Wildman–Crippen MR) is 110 cm³/mol. The summed E-state index contributed by atoms with van der Waals surface area (Å²) in [5.74, 6) is 1.05. The Kier molecular flexibility index (Phi) is 4.37. The quantitative estimate of drug-likeness (QED) is 0.597. The molecule has 6 rings (SSSR count). The van der Waals surface area contributed by atoms with Crippen LogP contribution in [-0.4, -0.2) is 29.2 Å². The number of imide groups is 1. The maximum Gasteiger partial charge on any atom is 0.233 e. The number of carbonyl (C=O) groups is 3. The molecule has 152 valence electrons. The lowest BCUT2D eigenvalue weighted by atomic mass is 9.63. The van der Waals surface area contributed by atoms with E-state index in [9.17, 15) is 14.4 Å². The summed E-state index contributed by atoms with van der Waals surface area (Å²) in [6, 6.07) is 6.08. The number of nitrogens with one attached hydrogen (secondary N) is 1. The van der Waals surface area contributed by atoms with Crippen molar-refractivity contribution >= 4 is 23.4 Å². The number of amides is 3. The van der Waals surface area contributed by atoms with Gasteiger partial charge >= 0.3 is 0 Å². The summed E-state index contributed by atoms with van der Waals surface area (Å²) < 4.78 is 0. The van der Waals surface area contributed by atoms with Gasteiger partial charge in [-0.1, -0.05) is 44.2 Å². The van der Waals surface area contributed by atoms with E-state index >= 15 is 0 Å². The highest BCUT2D eigenvalue weighted by atomic mass is 16.2. The average Bonchev–Trinajstić information content (AvgIpc) is 3.51. The third-order valence-corrected chi connectivity index (χ3v) is 7.58. The second-order valence-corrected chi connectivity index (χ2v) is 8.94. The van der Waals surface area contributed by atoms with Crippen LogP contribution in [-0.2, 0) is 27.2 Å². The Balaban J connectivity index is 1.26. The molecule has 29 heavy (non-hydrogen) atoms. The number of nitrogens with zero attached hydrogens (tertiary/aromatic N) is 1. The Morgan fingerprint density at radius 3 is 2.07 bits per heavy atom. The van der Waals surface area contributed by atoms with E-state index in [1.165, 1.54) is 4.90 Å². The summed E-state index contributed by atoms with van der Waals surface area (Å²) in [4.78, 5) is 40.1. The molecular formula is C24H28N2O3. The van der Waals surface area contributed by atoms with Gasteiger partial charge in [0, 0.05) is 18.7 Å². The molecule has 6 atom stereocenters.